The zero-order valence-corrected chi connectivity index (χ0v) is 17.4. The quantitative estimate of drug-likeness (QED) is 0.514. The molecule has 0 aliphatic heterocycles. The molecular weight excluding hydrogens is 362 g/mol. The average molecular weight is 392 g/mol. The summed E-state index contributed by atoms with van der Waals surface area (Å²) in [5.74, 6) is 1.49. The monoisotopic (exact) mass is 391 g/mol. The van der Waals surface area contributed by atoms with Crippen molar-refractivity contribution in [2.45, 2.75) is 45.8 Å². The van der Waals surface area contributed by atoms with Gasteiger partial charge in [-0.2, -0.15) is 0 Å². The first-order chi connectivity index (χ1) is 14.0. The second kappa shape index (κ2) is 9.97. The summed E-state index contributed by atoms with van der Waals surface area (Å²) in [4.78, 5) is 12.3. The Morgan fingerprint density at radius 2 is 1.55 bits per heavy atom. The highest BCUT2D eigenvalue weighted by atomic mass is 16.5. The van der Waals surface area contributed by atoms with Gasteiger partial charge in [0.05, 0.1) is 6.10 Å². The van der Waals surface area contributed by atoms with Gasteiger partial charge in [-0.25, -0.2) is 0 Å². The van der Waals surface area contributed by atoms with Crippen LogP contribution in [0.25, 0.3) is 10.8 Å². The van der Waals surface area contributed by atoms with Crippen LogP contribution in [0.5, 0.6) is 11.5 Å². The lowest BCUT2D eigenvalue weighted by Gasteiger charge is -2.15. The van der Waals surface area contributed by atoms with E-state index in [1.807, 2.05) is 62.4 Å². The molecule has 1 amide bonds. The van der Waals surface area contributed by atoms with Gasteiger partial charge in [-0.15, -0.1) is 0 Å². The van der Waals surface area contributed by atoms with Crippen LogP contribution in [-0.2, 0) is 11.2 Å². The third kappa shape index (κ3) is 6.24. The van der Waals surface area contributed by atoms with Crippen LogP contribution in [0, 0.1) is 0 Å². The first-order valence-corrected chi connectivity index (χ1v) is 10.2. The van der Waals surface area contributed by atoms with Gasteiger partial charge < -0.3 is 14.8 Å². The molecule has 0 aliphatic carbocycles. The van der Waals surface area contributed by atoms with Crippen LogP contribution in [0.1, 0.15) is 32.8 Å². The van der Waals surface area contributed by atoms with Crippen LogP contribution in [-0.4, -0.2) is 24.7 Å². The van der Waals surface area contributed by atoms with Crippen molar-refractivity contribution in [3.63, 3.8) is 0 Å². The van der Waals surface area contributed by atoms with Gasteiger partial charge in [0.15, 0.2) is 6.10 Å². The Morgan fingerprint density at radius 3 is 2.28 bits per heavy atom. The van der Waals surface area contributed by atoms with Crippen LogP contribution < -0.4 is 14.8 Å². The van der Waals surface area contributed by atoms with Crippen molar-refractivity contribution in [3.05, 3.63) is 72.3 Å². The summed E-state index contributed by atoms with van der Waals surface area (Å²) in [6, 6.07) is 22.1. The Hall–Kier alpha value is -3.01. The van der Waals surface area contributed by atoms with Crippen molar-refractivity contribution in [2.24, 2.45) is 0 Å². The maximum absolute atomic E-state index is 12.3. The molecule has 0 spiro atoms. The predicted molar refractivity (Wildman–Crippen MR) is 118 cm³/mol. The summed E-state index contributed by atoms with van der Waals surface area (Å²) in [5, 5.41) is 5.21. The normalized spacial score (nSPS) is 12.0. The SMILES string of the molecule is CC(C)Oc1ccc(CCCNC(=O)C(C)Oc2ccc3ccccc3c2)cc1. The molecule has 3 aromatic carbocycles. The molecule has 29 heavy (non-hydrogen) atoms. The highest BCUT2D eigenvalue weighted by Crippen LogP contribution is 2.21. The molecule has 0 aliphatic rings. The molecule has 3 aromatic rings. The van der Waals surface area contributed by atoms with Gasteiger partial charge in [0, 0.05) is 6.54 Å². The second-order valence-electron chi connectivity index (χ2n) is 7.47. The molecular formula is C25H29NO3. The molecule has 0 heterocycles. The molecule has 0 fully saturated rings. The molecule has 0 radical (unpaired) electrons. The maximum atomic E-state index is 12.3. The van der Waals surface area contributed by atoms with Crippen LogP contribution >= 0.6 is 0 Å². The number of carbonyl (C=O) groups is 1. The van der Waals surface area contributed by atoms with E-state index in [1.54, 1.807) is 6.92 Å². The number of rotatable bonds is 9. The molecule has 152 valence electrons. The molecule has 4 heteroatoms. The van der Waals surface area contributed by atoms with E-state index in [4.69, 9.17) is 9.47 Å². The average Bonchev–Trinajstić information content (AvgIpc) is 2.71. The van der Waals surface area contributed by atoms with Crippen molar-refractivity contribution in [1.29, 1.82) is 0 Å². The van der Waals surface area contributed by atoms with Crippen molar-refractivity contribution < 1.29 is 14.3 Å². The third-order valence-electron chi connectivity index (χ3n) is 4.64. The van der Waals surface area contributed by atoms with Crippen molar-refractivity contribution in [3.8, 4) is 11.5 Å². The minimum Gasteiger partial charge on any atom is -0.491 e. The van der Waals surface area contributed by atoms with Gasteiger partial charge >= 0.3 is 0 Å². The summed E-state index contributed by atoms with van der Waals surface area (Å²) < 4.78 is 11.5. The zero-order chi connectivity index (χ0) is 20.6. The molecule has 1 N–H and O–H groups in total. The van der Waals surface area contributed by atoms with E-state index in [0.29, 0.717) is 12.3 Å². The minimum atomic E-state index is -0.538. The van der Waals surface area contributed by atoms with Crippen molar-refractivity contribution in [1.82, 2.24) is 5.32 Å². The van der Waals surface area contributed by atoms with E-state index in [0.717, 1.165) is 29.4 Å². The van der Waals surface area contributed by atoms with Crippen LogP contribution in [0.2, 0.25) is 0 Å². The van der Waals surface area contributed by atoms with Gasteiger partial charge in [-0.1, -0.05) is 42.5 Å². The lowest BCUT2D eigenvalue weighted by Crippen LogP contribution is -2.36. The molecule has 0 saturated heterocycles. The molecule has 3 rings (SSSR count). The third-order valence-corrected chi connectivity index (χ3v) is 4.64. The number of amides is 1. The molecule has 1 atom stereocenters. The van der Waals surface area contributed by atoms with E-state index in [9.17, 15) is 4.79 Å². The number of fused-ring (bicyclic) bond motifs is 1. The zero-order valence-electron chi connectivity index (χ0n) is 17.4. The molecule has 0 aromatic heterocycles. The Bertz CT molecular complexity index is 934. The van der Waals surface area contributed by atoms with Crippen LogP contribution in [0.4, 0.5) is 0 Å². The summed E-state index contributed by atoms with van der Waals surface area (Å²) in [5.41, 5.74) is 1.23. The lowest BCUT2D eigenvalue weighted by molar-refractivity contribution is -0.127. The van der Waals surface area contributed by atoms with Crippen molar-refractivity contribution >= 4 is 16.7 Å². The maximum Gasteiger partial charge on any atom is 0.260 e. The largest absolute Gasteiger partial charge is 0.491 e. The number of benzene rings is 3. The van der Waals surface area contributed by atoms with Gasteiger partial charge in [0.2, 0.25) is 0 Å². The number of nitrogens with one attached hydrogen (secondary N) is 1. The number of hydrogen-bond acceptors (Lipinski definition) is 3. The molecule has 1 unspecified atom stereocenters. The van der Waals surface area contributed by atoms with Crippen LogP contribution in [0.15, 0.2) is 66.7 Å². The fourth-order valence-corrected chi connectivity index (χ4v) is 3.15. The van der Waals surface area contributed by atoms with E-state index >= 15 is 0 Å². The molecule has 0 bridgehead atoms. The van der Waals surface area contributed by atoms with E-state index < -0.39 is 6.10 Å². The van der Waals surface area contributed by atoms with Gasteiger partial charge in [-0.3, -0.25) is 4.79 Å². The summed E-state index contributed by atoms with van der Waals surface area (Å²) >= 11 is 0. The molecule has 4 nitrogen and oxygen atoms in total. The second-order valence-corrected chi connectivity index (χ2v) is 7.47. The van der Waals surface area contributed by atoms with Crippen molar-refractivity contribution in [2.75, 3.05) is 6.54 Å². The first kappa shape index (κ1) is 20.7. The van der Waals surface area contributed by atoms with E-state index in [2.05, 4.69) is 23.5 Å². The summed E-state index contributed by atoms with van der Waals surface area (Å²) in [7, 11) is 0. The highest BCUT2D eigenvalue weighted by molar-refractivity contribution is 5.84. The minimum absolute atomic E-state index is 0.0983. The summed E-state index contributed by atoms with van der Waals surface area (Å²) in [6.07, 6.45) is 1.42. The number of hydrogen-bond donors (Lipinski definition) is 1. The number of aryl methyl sites for hydroxylation is 1. The summed E-state index contributed by atoms with van der Waals surface area (Å²) in [6.45, 7) is 6.43. The smallest absolute Gasteiger partial charge is 0.260 e. The Morgan fingerprint density at radius 1 is 0.862 bits per heavy atom. The Balaban J connectivity index is 1.41. The topological polar surface area (TPSA) is 47.6 Å². The Labute approximate surface area is 172 Å². The van der Waals surface area contributed by atoms with Crippen LogP contribution in [0.3, 0.4) is 0 Å². The van der Waals surface area contributed by atoms with Gasteiger partial charge in [0.25, 0.3) is 5.91 Å². The standard InChI is InChI=1S/C25H29NO3/c1-18(2)28-23-13-10-20(11-14-23)7-6-16-26-25(27)19(3)29-24-15-12-21-8-4-5-9-22(21)17-24/h4-5,8-15,17-19H,6-7,16H2,1-3H3,(H,26,27). The predicted octanol–water partition coefficient (Wildman–Crippen LogP) is 5.14. The van der Waals surface area contributed by atoms with Gasteiger partial charge in [0.1, 0.15) is 11.5 Å². The highest BCUT2D eigenvalue weighted by Gasteiger charge is 2.14. The lowest BCUT2D eigenvalue weighted by atomic mass is 10.1. The van der Waals surface area contributed by atoms with Gasteiger partial charge in [-0.05, 0) is 74.2 Å². The van der Waals surface area contributed by atoms with E-state index in [1.165, 1.54) is 5.56 Å². The molecule has 0 saturated carbocycles. The Kier molecular flexibility index (Phi) is 7.12. The van der Waals surface area contributed by atoms with E-state index in [-0.39, 0.29) is 12.0 Å². The fourth-order valence-electron chi connectivity index (χ4n) is 3.15. The number of ether oxygens (including phenoxy) is 2. The first-order valence-electron chi connectivity index (χ1n) is 10.2. The number of carbonyl (C=O) groups excluding carboxylic acids is 1. The fraction of sp³-hybridized carbons (Fsp3) is 0.320.